The molecule has 1 heterocycles. The molecule has 2 rings (SSSR count). The van der Waals surface area contributed by atoms with Crippen LogP contribution in [0.25, 0.3) is 0 Å². The number of rotatable bonds is 4. The molecule has 0 bridgehead atoms. The fourth-order valence-electron chi connectivity index (χ4n) is 3.32. The Morgan fingerprint density at radius 2 is 2.06 bits per heavy atom. The van der Waals surface area contributed by atoms with Crippen molar-refractivity contribution < 1.29 is 5.11 Å². The largest absolute Gasteiger partial charge is 0.392 e. The standard InChI is InChI=1S/C14H23ClN2O/c1-4-14(7-5-6-8-14)12(18)9-11-10(2)16-17(3)13(11)15/h12,18H,4-9H2,1-3H3. The number of nitrogens with zero attached hydrogens (tertiary/aromatic N) is 2. The molecule has 0 aromatic carbocycles. The van der Waals surface area contributed by atoms with Crippen molar-refractivity contribution in [1.82, 2.24) is 9.78 Å². The molecule has 0 amide bonds. The van der Waals surface area contributed by atoms with Gasteiger partial charge in [0.05, 0.1) is 11.8 Å². The average Bonchev–Trinajstić information content (AvgIpc) is 2.91. The minimum atomic E-state index is -0.301. The molecule has 1 saturated carbocycles. The van der Waals surface area contributed by atoms with E-state index in [1.54, 1.807) is 4.68 Å². The van der Waals surface area contributed by atoms with Gasteiger partial charge in [-0.25, -0.2) is 0 Å². The molecule has 1 aliphatic rings. The first-order chi connectivity index (χ1) is 8.50. The summed E-state index contributed by atoms with van der Waals surface area (Å²) in [5, 5.41) is 15.6. The van der Waals surface area contributed by atoms with Crippen molar-refractivity contribution in [2.45, 2.75) is 58.5 Å². The number of aromatic nitrogens is 2. The van der Waals surface area contributed by atoms with Gasteiger partial charge in [-0.1, -0.05) is 31.4 Å². The third-order valence-electron chi connectivity index (χ3n) is 4.68. The van der Waals surface area contributed by atoms with E-state index in [1.165, 1.54) is 12.8 Å². The molecule has 3 nitrogen and oxygen atoms in total. The monoisotopic (exact) mass is 270 g/mol. The quantitative estimate of drug-likeness (QED) is 0.912. The zero-order chi connectivity index (χ0) is 13.3. The van der Waals surface area contributed by atoms with E-state index < -0.39 is 0 Å². The molecule has 1 aliphatic carbocycles. The van der Waals surface area contributed by atoms with Gasteiger partial charge in [-0.05, 0) is 31.6 Å². The molecule has 0 spiro atoms. The number of halogens is 1. The highest BCUT2D eigenvalue weighted by Gasteiger charge is 2.39. The van der Waals surface area contributed by atoms with Crippen molar-refractivity contribution in [2.75, 3.05) is 0 Å². The van der Waals surface area contributed by atoms with E-state index in [0.29, 0.717) is 11.6 Å². The van der Waals surface area contributed by atoms with Gasteiger partial charge < -0.3 is 5.11 Å². The Balaban J connectivity index is 2.18. The molecule has 0 aliphatic heterocycles. The number of aliphatic hydroxyl groups is 1. The molecule has 102 valence electrons. The van der Waals surface area contributed by atoms with E-state index in [9.17, 15) is 5.11 Å². The summed E-state index contributed by atoms with van der Waals surface area (Å²) in [6.45, 7) is 4.15. The number of hydrogen-bond donors (Lipinski definition) is 1. The van der Waals surface area contributed by atoms with Crippen molar-refractivity contribution >= 4 is 11.6 Å². The van der Waals surface area contributed by atoms with Crippen LogP contribution in [0.1, 0.15) is 50.3 Å². The summed E-state index contributed by atoms with van der Waals surface area (Å²) in [5.74, 6) is 0. The molecule has 1 aromatic rings. The van der Waals surface area contributed by atoms with E-state index in [0.717, 1.165) is 30.5 Å². The molecule has 1 aromatic heterocycles. The van der Waals surface area contributed by atoms with Gasteiger partial charge in [0.2, 0.25) is 0 Å². The van der Waals surface area contributed by atoms with Crippen LogP contribution in [0, 0.1) is 12.3 Å². The molecule has 1 fully saturated rings. The minimum absolute atomic E-state index is 0.103. The van der Waals surface area contributed by atoms with Crippen LogP contribution in [0.4, 0.5) is 0 Å². The van der Waals surface area contributed by atoms with Crippen molar-refractivity contribution in [2.24, 2.45) is 12.5 Å². The Bertz CT molecular complexity index is 422. The summed E-state index contributed by atoms with van der Waals surface area (Å²) >= 11 is 6.24. The lowest BCUT2D eigenvalue weighted by Crippen LogP contribution is -2.33. The zero-order valence-electron chi connectivity index (χ0n) is 11.5. The summed E-state index contributed by atoms with van der Waals surface area (Å²) in [4.78, 5) is 0. The molecule has 1 atom stereocenters. The molecule has 0 radical (unpaired) electrons. The zero-order valence-corrected chi connectivity index (χ0v) is 12.3. The second-order valence-corrected chi connectivity index (χ2v) is 5.98. The summed E-state index contributed by atoms with van der Waals surface area (Å²) in [6, 6.07) is 0. The van der Waals surface area contributed by atoms with Crippen LogP contribution < -0.4 is 0 Å². The van der Waals surface area contributed by atoms with E-state index in [1.807, 2.05) is 14.0 Å². The fraction of sp³-hybridized carbons (Fsp3) is 0.786. The van der Waals surface area contributed by atoms with Gasteiger partial charge in [-0.2, -0.15) is 5.10 Å². The Morgan fingerprint density at radius 3 is 2.50 bits per heavy atom. The maximum Gasteiger partial charge on any atom is 0.130 e. The number of hydrogen-bond acceptors (Lipinski definition) is 2. The highest BCUT2D eigenvalue weighted by Crippen LogP contribution is 2.45. The van der Waals surface area contributed by atoms with Crippen molar-refractivity contribution in [3.05, 3.63) is 16.4 Å². The van der Waals surface area contributed by atoms with Gasteiger partial charge >= 0.3 is 0 Å². The summed E-state index contributed by atoms with van der Waals surface area (Å²) in [7, 11) is 1.84. The minimum Gasteiger partial charge on any atom is -0.392 e. The van der Waals surface area contributed by atoms with Crippen molar-refractivity contribution in [1.29, 1.82) is 0 Å². The third kappa shape index (κ3) is 2.30. The predicted octanol–water partition coefficient (Wildman–Crippen LogP) is 3.26. The summed E-state index contributed by atoms with van der Waals surface area (Å²) < 4.78 is 1.69. The van der Waals surface area contributed by atoms with Crippen LogP contribution in [-0.2, 0) is 13.5 Å². The Morgan fingerprint density at radius 1 is 1.44 bits per heavy atom. The molecular formula is C14H23ClN2O. The fourth-order valence-corrected chi connectivity index (χ4v) is 3.57. The molecule has 18 heavy (non-hydrogen) atoms. The van der Waals surface area contributed by atoms with Crippen LogP contribution in [0.3, 0.4) is 0 Å². The Kier molecular flexibility index (Phi) is 4.02. The molecule has 1 unspecified atom stereocenters. The first-order valence-corrected chi connectivity index (χ1v) is 7.24. The lowest BCUT2D eigenvalue weighted by atomic mass is 9.76. The van der Waals surface area contributed by atoms with Crippen LogP contribution >= 0.6 is 11.6 Å². The second-order valence-electron chi connectivity index (χ2n) is 5.62. The first kappa shape index (κ1) is 13.9. The van der Waals surface area contributed by atoms with Gasteiger partial charge in [0, 0.05) is 19.0 Å². The number of aliphatic hydroxyl groups excluding tert-OH is 1. The van der Waals surface area contributed by atoms with Crippen LogP contribution in [0.15, 0.2) is 0 Å². The van der Waals surface area contributed by atoms with Gasteiger partial charge in [-0.3, -0.25) is 4.68 Å². The van der Waals surface area contributed by atoms with E-state index in [4.69, 9.17) is 11.6 Å². The van der Waals surface area contributed by atoms with Crippen LogP contribution in [0.2, 0.25) is 5.15 Å². The Labute approximate surface area is 114 Å². The Hall–Kier alpha value is -0.540. The molecule has 4 heteroatoms. The highest BCUT2D eigenvalue weighted by molar-refractivity contribution is 6.30. The summed E-state index contributed by atoms with van der Waals surface area (Å²) in [5.41, 5.74) is 2.04. The molecule has 0 saturated heterocycles. The van der Waals surface area contributed by atoms with Crippen LogP contribution in [-0.4, -0.2) is 21.0 Å². The predicted molar refractivity (Wildman–Crippen MR) is 73.9 cm³/mol. The maximum atomic E-state index is 10.6. The third-order valence-corrected chi connectivity index (χ3v) is 5.15. The first-order valence-electron chi connectivity index (χ1n) is 6.86. The van der Waals surface area contributed by atoms with Gasteiger partial charge in [0.1, 0.15) is 5.15 Å². The maximum absolute atomic E-state index is 10.6. The normalized spacial score (nSPS) is 20.3. The lowest BCUT2D eigenvalue weighted by molar-refractivity contribution is 0.0256. The van der Waals surface area contributed by atoms with Crippen molar-refractivity contribution in [3.8, 4) is 0 Å². The second kappa shape index (κ2) is 5.22. The molecule has 1 N–H and O–H groups in total. The van der Waals surface area contributed by atoms with E-state index >= 15 is 0 Å². The average molecular weight is 271 g/mol. The van der Waals surface area contributed by atoms with E-state index in [-0.39, 0.29) is 11.5 Å². The SMILES string of the molecule is CCC1(C(O)Cc2c(C)nn(C)c2Cl)CCCC1. The topological polar surface area (TPSA) is 38.1 Å². The van der Waals surface area contributed by atoms with Gasteiger partial charge in [-0.15, -0.1) is 0 Å². The van der Waals surface area contributed by atoms with E-state index in [2.05, 4.69) is 12.0 Å². The smallest absolute Gasteiger partial charge is 0.130 e. The van der Waals surface area contributed by atoms with Gasteiger partial charge in [0.25, 0.3) is 0 Å². The number of aryl methyl sites for hydroxylation is 2. The highest BCUT2D eigenvalue weighted by atomic mass is 35.5. The van der Waals surface area contributed by atoms with Crippen molar-refractivity contribution in [3.63, 3.8) is 0 Å². The van der Waals surface area contributed by atoms with Crippen LogP contribution in [0.5, 0.6) is 0 Å². The van der Waals surface area contributed by atoms with Gasteiger partial charge in [0.15, 0.2) is 0 Å². The summed E-state index contributed by atoms with van der Waals surface area (Å²) in [6.07, 6.45) is 6.14. The molecular weight excluding hydrogens is 248 g/mol. The lowest BCUT2D eigenvalue weighted by Gasteiger charge is -2.33.